The van der Waals surface area contributed by atoms with Crippen LogP contribution in [0, 0.1) is 52.8 Å². The third kappa shape index (κ3) is 2.32. The molecule has 0 radical (unpaired) electrons. The van der Waals surface area contributed by atoms with Crippen LogP contribution < -0.4 is 11.5 Å². The molecule has 0 aliphatic heterocycles. The van der Waals surface area contributed by atoms with Crippen molar-refractivity contribution in [3.63, 3.8) is 0 Å². The molecule has 3 saturated carbocycles. The van der Waals surface area contributed by atoms with Crippen LogP contribution in [0.25, 0.3) is 0 Å². The lowest BCUT2D eigenvalue weighted by atomic mass is 9.40. The van der Waals surface area contributed by atoms with Crippen molar-refractivity contribution in [3.8, 4) is 0 Å². The minimum atomic E-state index is -0.404. The molecule has 5 aliphatic rings. The number of hydrogen-bond acceptors (Lipinski definition) is 2. The van der Waals surface area contributed by atoms with Gasteiger partial charge in [-0.15, -0.1) is 0 Å². The van der Waals surface area contributed by atoms with E-state index < -0.39 is 11.8 Å². The molecule has 3 fully saturated rings. The quantitative estimate of drug-likeness (QED) is 0.771. The Morgan fingerprint density at radius 1 is 1.08 bits per heavy atom. The van der Waals surface area contributed by atoms with E-state index in [0.29, 0.717) is 11.8 Å². The fourth-order valence-electron chi connectivity index (χ4n) is 7.52. The van der Waals surface area contributed by atoms with Crippen LogP contribution in [-0.2, 0) is 9.59 Å². The highest BCUT2D eigenvalue weighted by Gasteiger charge is 2.63. The lowest BCUT2D eigenvalue weighted by Gasteiger charge is -2.63. The molecule has 1 spiro atoms. The Kier molecular flexibility index (Phi) is 4.01. The van der Waals surface area contributed by atoms with Gasteiger partial charge in [-0.2, -0.15) is 0 Å². The smallest absolute Gasteiger partial charge is 0.222 e. The normalized spacial score (nSPS) is 48.0. The van der Waals surface area contributed by atoms with Gasteiger partial charge in [0.2, 0.25) is 11.8 Å². The van der Waals surface area contributed by atoms with Crippen LogP contribution in [0.3, 0.4) is 0 Å². The Morgan fingerprint density at radius 2 is 1.84 bits per heavy atom. The molecule has 4 heteroatoms. The zero-order valence-electron chi connectivity index (χ0n) is 15.5. The number of rotatable bonds is 3. The first-order valence-electron chi connectivity index (χ1n) is 10.1. The average molecular weight is 344 g/mol. The molecule has 0 aromatic carbocycles. The second-order valence-electron chi connectivity index (χ2n) is 9.49. The van der Waals surface area contributed by atoms with Crippen molar-refractivity contribution in [2.24, 2.45) is 64.2 Å². The Hall–Kier alpha value is -1.32. The number of amides is 2. The number of primary amides is 2. The number of carbonyl (C=O) groups excluding carboxylic acids is 2. The van der Waals surface area contributed by atoms with Crippen LogP contribution in [0.4, 0.5) is 0 Å². The SMILES string of the molecule is CC(C)C1CCCC2C1CCC13C=CC(CC21)C(C(N)=O)C3C(N)=O. The number of fused-ring (bicyclic) bond motifs is 2. The summed E-state index contributed by atoms with van der Waals surface area (Å²) < 4.78 is 0. The highest BCUT2D eigenvalue weighted by molar-refractivity contribution is 5.88. The molecular formula is C21H32N2O2. The molecule has 0 aromatic rings. The van der Waals surface area contributed by atoms with Gasteiger partial charge >= 0.3 is 0 Å². The Labute approximate surface area is 150 Å². The monoisotopic (exact) mass is 344 g/mol. The number of hydrogen-bond donors (Lipinski definition) is 2. The number of nitrogens with two attached hydrogens (primary N) is 2. The van der Waals surface area contributed by atoms with E-state index in [4.69, 9.17) is 11.5 Å². The van der Waals surface area contributed by atoms with Gasteiger partial charge in [-0.25, -0.2) is 0 Å². The van der Waals surface area contributed by atoms with Gasteiger partial charge in [-0.3, -0.25) is 9.59 Å². The summed E-state index contributed by atoms with van der Waals surface area (Å²) in [7, 11) is 0. The van der Waals surface area contributed by atoms with Gasteiger partial charge in [0.1, 0.15) is 0 Å². The molecule has 2 bridgehead atoms. The Balaban J connectivity index is 1.73. The van der Waals surface area contributed by atoms with Gasteiger partial charge in [0, 0.05) is 5.41 Å². The van der Waals surface area contributed by atoms with E-state index in [2.05, 4.69) is 26.0 Å². The van der Waals surface area contributed by atoms with Crippen LogP contribution in [-0.4, -0.2) is 11.8 Å². The maximum Gasteiger partial charge on any atom is 0.222 e. The standard InChI is InChI=1S/C21H32N2O2/c1-11(2)13-4-3-5-15-14(13)7-9-21-8-6-12(10-16(15)21)17(19(22)24)18(21)20(23)25/h6,8,11-18H,3-5,7,9-10H2,1-2H3,(H2,22,24)(H2,23,25). The Bertz CT molecular complexity index is 613. The van der Waals surface area contributed by atoms with Gasteiger partial charge < -0.3 is 11.5 Å². The van der Waals surface area contributed by atoms with Crippen molar-refractivity contribution < 1.29 is 9.59 Å². The van der Waals surface area contributed by atoms with E-state index in [9.17, 15) is 9.59 Å². The summed E-state index contributed by atoms with van der Waals surface area (Å²) in [6.45, 7) is 4.72. The molecule has 5 rings (SSSR count). The molecule has 5 aliphatic carbocycles. The van der Waals surface area contributed by atoms with Crippen LogP contribution in [0.1, 0.15) is 52.4 Å². The zero-order chi connectivity index (χ0) is 17.9. The maximum atomic E-state index is 12.4. The summed E-state index contributed by atoms with van der Waals surface area (Å²) in [4.78, 5) is 24.6. The summed E-state index contributed by atoms with van der Waals surface area (Å²) >= 11 is 0. The van der Waals surface area contributed by atoms with Gasteiger partial charge in [0.15, 0.2) is 0 Å². The molecule has 0 saturated heterocycles. The van der Waals surface area contributed by atoms with E-state index in [1.165, 1.54) is 19.3 Å². The summed E-state index contributed by atoms with van der Waals surface area (Å²) in [5, 5.41) is 0. The molecule has 2 amide bonds. The summed E-state index contributed by atoms with van der Waals surface area (Å²) in [6.07, 6.45) is 11.5. The van der Waals surface area contributed by atoms with E-state index >= 15 is 0 Å². The maximum absolute atomic E-state index is 12.4. The average Bonchev–Trinajstić information content (AvgIpc) is 2.59. The minimum Gasteiger partial charge on any atom is -0.369 e. The van der Waals surface area contributed by atoms with Crippen molar-refractivity contribution in [1.29, 1.82) is 0 Å². The molecule has 0 aromatic heterocycles. The second-order valence-corrected chi connectivity index (χ2v) is 9.49. The first-order valence-corrected chi connectivity index (χ1v) is 10.1. The second kappa shape index (κ2) is 5.85. The molecule has 4 N–H and O–H groups in total. The van der Waals surface area contributed by atoms with Crippen LogP contribution in [0.5, 0.6) is 0 Å². The Morgan fingerprint density at radius 3 is 2.48 bits per heavy atom. The van der Waals surface area contributed by atoms with E-state index in [0.717, 1.165) is 37.0 Å². The largest absolute Gasteiger partial charge is 0.369 e. The fourth-order valence-corrected chi connectivity index (χ4v) is 7.52. The van der Waals surface area contributed by atoms with Gasteiger partial charge in [-0.1, -0.05) is 32.4 Å². The number of allylic oxidation sites excluding steroid dienone is 2. The first kappa shape index (κ1) is 17.1. The van der Waals surface area contributed by atoms with Crippen molar-refractivity contribution in [2.75, 3.05) is 0 Å². The lowest BCUT2D eigenvalue weighted by molar-refractivity contribution is -0.158. The molecule has 8 atom stereocenters. The molecular weight excluding hydrogens is 312 g/mol. The van der Waals surface area contributed by atoms with Crippen molar-refractivity contribution >= 4 is 11.8 Å². The minimum absolute atomic E-state index is 0.0973. The molecule has 4 nitrogen and oxygen atoms in total. The van der Waals surface area contributed by atoms with Gasteiger partial charge in [0.25, 0.3) is 0 Å². The van der Waals surface area contributed by atoms with Crippen LogP contribution in [0.2, 0.25) is 0 Å². The van der Waals surface area contributed by atoms with Crippen molar-refractivity contribution in [1.82, 2.24) is 0 Å². The number of carbonyl (C=O) groups is 2. The summed E-state index contributed by atoms with van der Waals surface area (Å²) in [6, 6.07) is 0. The predicted octanol–water partition coefficient (Wildman–Crippen LogP) is 2.86. The predicted molar refractivity (Wildman–Crippen MR) is 96.9 cm³/mol. The van der Waals surface area contributed by atoms with E-state index in [-0.39, 0.29) is 23.1 Å². The van der Waals surface area contributed by atoms with Gasteiger partial charge in [0.05, 0.1) is 11.8 Å². The highest BCUT2D eigenvalue weighted by Crippen LogP contribution is 2.66. The summed E-state index contributed by atoms with van der Waals surface area (Å²) in [5.41, 5.74) is 11.3. The lowest BCUT2D eigenvalue weighted by Crippen LogP contribution is -2.62. The van der Waals surface area contributed by atoms with Gasteiger partial charge in [-0.05, 0) is 67.6 Å². The third-order valence-corrected chi connectivity index (χ3v) is 8.36. The van der Waals surface area contributed by atoms with Crippen LogP contribution in [0.15, 0.2) is 12.2 Å². The first-order chi connectivity index (χ1) is 11.9. The van der Waals surface area contributed by atoms with Crippen molar-refractivity contribution in [3.05, 3.63) is 12.2 Å². The molecule has 25 heavy (non-hydrogen) atoms. The topological polar surface area (TPSA) is 86.2 Å². The zero-order valence-corrected chi connectivity index (χ0v) is 15.5. The molecule has 0 heterocycles. The third-order valence-electron chi connectivity index (χ3n) is 8.36. The highest BCUT2D eigenvalue weighted by atomic mass is 16.2. The van der Waals surface area contributed by atoms with E-state index in [1.807, 2.05) is 0 Å². The fraction of sp³-hybridized carbons (Fsp3) is 0.810. The molecule has 8 unspecified atom stereocenters. The van der Waals surface area contributed by atoms with Crippen LogP contribution >= 0.6 is 0 Å². The van der Waals surface area contributed by atoms with E-state index in [1.54, 1.807) is 0 Å². The summed E-state index contributed by atoms with van der Waals surface area (Å²) in [5.74, 6) is 2.10. The van der Waals surface area contributed by atoms with Crippen molar-refractivity contribution in [2.45, 2.75) is 52.4 Å². The molecule has 138 valence electrons.